The van der Waals surface area contributed by atoms with Gasteiger partial charge in [0, 0.05) is 25.7 Å². The van der Waals surface area contributed by atoms with Gasteiger partial charge in [0.15, 0.2) is 12.2 Å². The molecule has 0 saturated carbocycles. The van der Waals surface area contributed by atoms with Gasteiger partial charge in [-0.1, -0.05) is 374 Å². The minimum Gasteiger partial charge on any atom is -0.462 e. The molecule has 0 aromatic carbocycles. The van der Waals surface area contributed by atoms with Gasteiger partial charge in [0.2, 0.25) is 0 Å². The average Bonchev–Trinajstić information content (AvgIpc) is 0.913. The zero-order valence-corrected chi connectivity index (χ0v) is 69.6. The first-order valence-electron chi connectivity index (χ1n) is 43.3. The van der Waals surface area contributed by atoms with Crippen LogP contribution >= 0.6 is 15.6 Å². The fourth-order valence-electron chi connectivity index (χ4n) is 12.7. The molecular weight excluding hydrogens is 1350 g/mol. The molecule has 0 amide bonds. The molecule has 19 heteroatoms. The van der Waals surface area contributed by atoms with Gasteiger partial charge in [-0.2, -0.15) is 0 Å². The topological polar surface area (TPSA) is 237 Å². The van der Waals surface area contributed by atoms with Crippen molar-refractivity contribution < 1.29 is 80.2 Å². The highest BCUT2D eigenvalue weighted by Crippen LogP contribution is 2.45. The van der Waals surface area contributed by atoms with Crippen LogP contribution in [-0.2, 0) is 65.4 Å². The Labute approximate surface area is 637 Å². The van der Waals surface area contributed by atoms with E-state index in [1.165, 1.54) is 231 Å². The van der Waals surface area contributed by atoms with Crippen LogP contribution in [0, 0.1) is 11.8 Å². The lowest BCUT2D eigenvalue weighted by Gasteiger charge is -2.21. The molecule has 0 aromatic rings. The summed E-state index contributed by atoms with van der Waals surface area (Å²) in [4.78, 5) is 73.1. The van der Waals surface area contributed by atoms with Crippen molar-refractivity contribution in [3.63, 3.8) is 0 Å². The molecule has 6 atom stereocenters. The van der Waals surface area contributed by atoms with E-state index < -0.39 is 97.5 Å². The van der Waals surface area contributed by atoms with Gasteiger partial charge in [-0.15, -0.1) is 0 Å². The molecule has 0 bridgehead atoms. The first kappa shape index (κ1) is 102. The molecule has 0 fully saturated rings. The molecule has 0 aliphatic heterocycles. The minimum absolute atomic E-state index is 0.0854. The summed E-state index contributed by atoms with van der Waals surface area (Å²) in [6, 6.07) is 0. The van der Waals surface area contributed by atoms with Crippen LogP contribution in [0.4, 0.5) is 0 Å². The van der Waals surface area contributed by atoms with Gasteiger partial charge in [-0.05, 0) is 63.2 Å². The summed E-state index contributed by atoms with van der Waals surface area (Å²) in [6.07, 6.45) is 70.1. The molecule has 0 heterocycles. The molecule has 104 heavy (non-hydrogen) atoms. The number of aliphatic hydroxyl groups excluding tert-OH is 1. The van der Waals surface area contributed by atoms with E-state index in [1.54, 1.807) is 0 Å². The second-order valence-corrected chi connectivity index (χ2v) is 33.5. The highest BCUT2D eigenvalue weighted by atomic mass is 31.2. The predicted molar refractivity (Wildman–Crippen MR) is 427 cm³/mol. The summed E-state index contributed by atoms with van der Waals surface area (Å²) in [5, 5.41) is 10.7. The lowest BCUT2D eigenvalue weighted by molar-refractivity contribution is -0.161. The summed E-state index contributed by atoms with van der Waals surface area (Å²) in [7, 11) is -9.94. The van der Waals surface area contributed by atoms with Crippen LogP contribution in [0.2, 0.25) is 0 Å². The quantitative estimate of drug-likeness (QED) is 0.0169. The lowest BCUT2D eigenvalue weighted by Crippen LogP contribution is -2.30. The number of carbonyl (C=O) groups excluding carboxylic acids is 4. The third kappa shape index (κ3) is 76.3. The van der Waals surface area contributed by atoms with Crippen LogP contribution in [0.3, 0.4) is 0 Å². The van der Waals surface area contributed by atoms with E-state index in [0.717, 1.165) is 115 Å². The van der Waals surface area contributed by atoms with E-state index in [0.29, 0.717) is 25.7 Å². The first-order valence-corrected chi connectivity index (χ1v) is 46.3. The van der Waals surface area contributed by atoms with Crippen molar-refractivity contribution in [1.82, 2.24) is 0 Å². The molecule has 0 aromatic heterocycles. The minimum atomic E-state index is -4.97. The van der Waals surface area contributed by atoms with E-state index in [-0.39, 0.29) is 25.7 Å². The number of hydrogen-bond acceptors (Lipinski definition) is 15. The summed E-state index contributed by atoms with van der Waals surface area (Å²) in [5.74, 6) is -0.467. The largest absolute Gasteiger partial charge is 0.472 e. The van der Waals surface area contributed by atoms with Crippen molar-refractivity contribution in [3.05, 3.63) is 24.3 Å². The second kappa shape index (κ2) is 75.9. The van der Waals surface area contributed by atoms with Gasteiger partial charge < -0.3 is 33.8 Å². The second-order valence-electron chi connectivity index (χ2n) is 30.6. The van der Waals surface area contributed by atoms with Gasteiger partial charge >= 0.3 is 39.5 Å². The first-order chi connectivity index (χ1) is 50.4. The van der Waals surface area contributed by atoms with Gasteiger partial charge in [0.1, 0.15) is 19.3 Å². The van der Waals surface area contributed by atoms with E-state index in [1.807, 2.05) is 0 Å². The molecule has 614 valence electrons. The number of ether oxygens (including phenoxy) is 4. The van der Waals surface area contributed by atoms with E-state index in [2.05, 4.69) is 65.8 Å². The smallest absolute Gasteiger partial charge is 0.462 e. The number of phosphoric acid groups is 2. The van der Waals surface area contributed by atoms with E-state index >= 15 is 0 Å². The number of allylic oxidation sites excluding steroid dienone is 4. The number of aliphatic hydroxyl groups is 1. The number of phosphoric ester groups is 2. The number of rotatable bonds is 82. The van der Waals surface area contributed by atoms with E-state index in [9.17, 15) is 43.2 Å². The SMILES string of the molecule is CCCCCC/C=C\C=C/CCCCCCCC(=O)O[C@H](COC(=O)CCCCCCCCCCCC)COP(=O)(O)OC[C@H](O)COP(=O)(O)OC[C@@H](COC(=O)CCCCCCCCCCCCCCCCC(C)C)OC(=O)CCCCCCCCCCCCCCCCCCCCC(C)CC. The molecule has 0 aliphatic rings. The van der Waals surface area contributed by atoms with Crippen molar-refractivity contribution >= 4 is 39.5 Å². The van der Waals surface area contributed by atoms with E-state index in [4.69, 9.17) is 37.0 Å². The molecule has 0 rings (SSSR count). The van der Waals surface area contributed by atoms with Crippen molar-refractivity contribution in [1.29, 1.82) is 0 Å². The Bertz CT molecular complexity index is 2090. The Morgan fingerprint density at radius 1 is 0.317 bits per heavy atom. The Hall–Kier alpha value is -2.46. The van der Waals surface area contributed by atoms with Crippen LogP contribution in [0.1, 0.15) is 427 Å². The number of carbonyl (C=O) groups is 4. The van der Waals surface area contributed by atoms with Gasteiger partial charge in [-0.25, -0.2) is 9.13 Å². The van der Waals surface area contributed by atoms with Crippen LogP contribution in [-0.4, -0.2) is 96.7 Å². The maximum Gasteiger partial charge on any atom is 0.472 e. The maximum atomic E-state index is 13.1. The average molecular weight is 1520 g/mol. The Kier molecular flexibility index (Phi) is 74.1. The molecule has 3 N–H and O–H groups in total. The summed E-state index contributed by atoms with van der Waals surface area (Å²) >= 11 is 0. The standard InChI is InChI=1S/C85H162O17P2/c1-7-10-12-14-16-18-20-21-26-34-39-45-51-57-63-69-84(89)101-80(73-95-82(87)67-61-55-49-43-19-17-15-13-11-8-2)75-99-103(91,92)97-71-79(86)72-98-104(93,94)100-76-81(74-96-83(88)68-62-56-50-44-38-33-30-29-31-36-41-47-53-59-65-77(4)5)102-85(90)70-64-58-52-46-40-35-28-25-23-22-24-27-32-37-42-48-54-60-66-78(6)9-3/h18,20-21,26,77-81,86H,7-17,19,22-25,27-76H2,1-6H3,(H,91,92)(H,93,94)/b20-18-,26-21-/t78?,79-,80+,81+/m0/s1. The maximum absolute atomic E-state index is 13.1. The van der Waals surface area contributed by atoms with Crippen molar-refractivity contribution in [2.45, 2.75) is 445 Å². The molecule has 0 aliphatic carbocycles. The van der Waals surface area contributed by atoms with Crippen LogP contribution < -0.4 is 0 Å². The number of esters is 4. The predicted octanol–water partition coefficient (Wildman–Crippen LogP) is 25.4. The Morgan fingerprint density at radius 2 is 0.567 bits per heavy atom. The molecule has 0 radical (unpaired) electrons. The Balaban J connectivity index is 5.25. The van der Waals surface area contributed by atoms with Crippen LogP contribution in [0.15, 0.2) is 24.3 Å². The van der Waals surface area contributed by atoms with Crippen LogP contribution in [0.25, 0.3) is 0 Å². The number of hydrogen-bond donors (Lipinski definition) is 3. The molecule has 0 spiro atoms. The molecule has 17 nitrogen and oxygen atoms in total. The van der Waals surface area contributed by atoms with Gasteiger partial charge in [-0.3, -0.25) is 37.3 Å². The fraction of sp³-hybridized carbons (Fsp3) is 0.906. The van der Waals surface area contributed by atoms with Crippen molar-refractivity contribution in [2.75, 3.05) is 39.6 Å². The zero-order chi connectivity index (χ0) is 76.4. The molecule has 3 unspecified atom stereocenters. The fourth-order valence-corrected chi connectivity index (χ4v) is 14.3. The van der Waals surface area contributed by atoms with Crippen molar-refractivity contribution in [3.8, 4) is 0 Å². The van der Waals surface area contributed by atoms with Crippen LogP contribution in [0.5, 0.6) is 0 Å². The molecular formula is C85H162O17P2. The molecule has 0 saturated heterocycles. The highest BCUT2D eigenvalue weighted by Gasteiger charge is 2.30. The third-order valence-electron chi connectivity index (χ3n) is 19.7. The summed E-state index contributed by atoms with van der Waals surface area (Å²) < 4.78 is 68.8. The zero-order valence-electron chi connectivity index (χ0n) is 67.8. The summed E-state index contributed by atoms with van der Waals surface area (Å²) in [5.41, 5.74) is 0. The third-order valence-corrected chi connectivity index (χ3v) is 21.6. The Morgan fingerprint density at radius 3 is 0.865 bits per heavy atom. The monoisotopic (exact) mass is 1520 g/mol. The van der Waals surface area contributed by atoms with Crippen molar-refractivity contribution in [2.24, 2.45) is 11.8 Å². The highest BCUT2D eigenvalue weighted by molar-refractivity contribution is 7.47. The van der Waals surface area contributed by atoms with Gasteiger partial charge in [0.05, 0.1) is 26.4 Å². The number of unbranched alkanes of at least 4 members (excludes halogenated alkanes) is 48. The summed E-state index contributed by atoms with van der Waals surface area (Å²) in [6.45, 7) is 9.67. The lowest BCUT2D eigenvalue weighted by atomic mass is 9.99. The normalized spacial score (nSPS) is 14.2. The van der Waals surface area contributed by atoms with Gasteiger partial charge in [0.25, 0.3) is 0 Å².